The zero-order chi connectivity index (χ0) is 17.8. The molecule has 0 amide bonds. The summed E-state index contributed by atoms with van der Waals surface area (Å²) in [6.07, 6.45) is 4.39. The first kappa shape index (κ1) is 16.9. The SMILES string of the molecule is COc1ccccc1-c1ncc(CN2CCC(c3ccccc3)CC2)[nH]1. The van der Waals surface area contributed by atoms with Crippen molar-refractivity contribution < 1.29 is 4.74 Å². The molecule has 3 aromatic rings. The monoisotopic (exact) mass is 347 g/mol. The van der Waals surface area contributed by atoms with Gasteiger partial charge in [0.1, 0.15) is 11.6 Å². The number of hydrogen-bond acceptors (Lipinski definition) is 3. The van der Waals surface area contributed by atoms with E-state index in [2.05, 4.69) is 45.2 Å². The number of rotatable bonds is 5. The van der Waals surface area contributed by atoms with E-state index in [-0.39, 0.29) is 0 Å². The third-order valence-corrected chi connectivity index (χ3v) is 5.24. The van der Waals surface area contributed by atoms with Crippen molar-refractivity contribution >= 4 is 0 Å². The fourth-order valence-electron chi connectivity index (χ4n) is 3.81. The van der Waals surface area contributed by atoms with Gasteiger partial charge in [-0.15, -0.1) is 0 Å². The molecule has 1 aliphatic heterocycles. The zero-order valence-electron chi connectivity index (χ0n) is 15.2. The summed E-state index contributed by atoms with van der Waals surface area (Å²) >= 11 is 0. The number of nitrogens with zero attached hydrogens (tertiary/aromatic N) is 2. The molecule has 1 saturated heterocycles. The lowest BCUT2D eigenvalue weighted by molar-refractivity contribution is 0.203. The van der Waals surface area contributed by atoms with Crippen molar-refractivity contribution in [2.24, 2.45) is 0 Å². The number of methoxy groups -OCH3 is 1. The molecule has 134 valence electrons. The molecule has 0 unspecified atom stereocenters. The summed E-state index contributed by atoms with van der Waals surface area (Å²) in [6, 6.07) is 18.9. The minimum Gasteiger partial charge on any atom is -0.496 e. The Hall–Kier alpha value is -2.59. The molecule has 1 aromatic heterocycles. The largest absolute Gasteiger partial charge is 0.496 e. The van der Waals surface area contributed by atoms with E-state index in [1.165, 1.54) is 18.4 Å². The Morgan fingerprint density at radius 2 is 1.77 bits per heavy atom. The van der Waals surface area contributed by atoms with Gasteiger partial charge in [0.2, 0.25) is 0 Å². The highest BCUT2D eigenvalue weighted by Gasteiger charge is 2.21. The number of hydrogen-bond donors (Lipinski definition) is 1. The Morgan fingerprint density at radius 3 is 2.54 bits per heavy atom. The number of benzene rings is 2. The van der Waals surface area contributed by atoms with Crippen LogP contribution in [0.25, 0.3) is 11.4 Å². The molecule has 1 N–H and O–H groups in total. The van der Waals surface area contributed by atoms with Crippen molar-refractivity contribution in [1.29, 1.82) is 0 Å². The molecule has 0 aliphatic carbocycles. The smallest absolute Gasteiger partial charge is 0.141 e. The van der Waals surface area contributed by atoms with E-state index >= 15 is 0 Å². The van der Waals surface area contributed by atoms with Crippen molar-refractivity contribution in [3.05, 3.63) is 72.1 Å². The summed E-state index contributed by atoms with van der Waals surface area (Å²) in [5, 5.41) is 0. The molecular weight excluding hydrogens is 322 g/mol. The van der Waals surface area contributed by atoms with Gasteiger partial charge in [0.05, 0.1) is 12.7 Å². The summed E-state index contributed by atoms with van der Waals surface area (Å²) in [5.41, 5.74) is 3.64. The van der Waals surface area contributed by atoms with Crippen molar-refractivity contribution in [3.8, 4) is 17.1 Å². The van der Waals surface area contributed by atoms with Gasteiger partial charge in [-0.2, -0.15) is 0 Å². The van der Waals surface area contributed by atoms with Crippen LogP contribution in [-0.4, -0.2) is 35.1 Å². The quantitative estimate of drug-likeness (QED) is 0.740. The minimum atomic E-state index is 0.693. The average Bonchev–Trinajstić information content (AvgIpc) is 3.17. The molecule has 0 atom stereocenters. The third-order valence-electron chi connectivity index (χ3n) is 5.24. The summed E-state index contributed by atoms with van der Waals surface area (Å²) in [7, 11) is 1.69. The van der Waals surface area contributed by atoms with Crippen LogP contribution in [0.2, 0.25) is 0 Å². The van der Waals surface area contributed by atoms with Gasteiger partial charge in [0.25, 0.3) is 0 Å². The van der Waals surface area contributed by atoms with E-state index in [4.69, 9.17) is 4.74 Å². The van der Waals surface area contributed by atoms with E-state index in [0.717, 1.165) is 42.5 Å². The predicted molar refractivity (Wildman–Crippen MR) is 104 cm³/mol. The fourth-order valence-corrected chi connectivity index (χ4v) is 3.81. The molecule has 0 spiro atoms. The lowest BCUT2D eigenvalue weighted by Gasteiger charge is -2.31. The molecule has 2 aromatic carbocycles. The molecule has 1 aliphatic rings. The molecule has 4 nitrogen and oxygen atoms in total. The second-order valence-corrected chi connectivity index (χ2v) is 6.92. The molecule has 0 radical (unpaired) electrons. The summed E-state index contributed by atoms with van der Waals surface area (Å²) in [6.45, 7) is 3.18. The topological polar surface area (TPSA) is 41.1 Å². The number of imidazole rings is 1. The van der Waals surface area contributed by atoms with Crippen LogP contribution < -0.4 is 4.74 Å². The van der Waals surface area contributed by atoms with E-state index in [1.54, 1.807) is 7.11 Å². The first-order valence-electron chi connectivity index (χ1n) is 9.28. The lowest BCUT2D eigenvalue weighted by atomic mass is 9.89. The predicted octanol–water partition coefficient (Wildman–Crippen LogP) is 4.46. The second-order valence-electron chi connectivity index (χ2n) is 6.92. The summed E-state index contributed by atoms with van der Waals surface area (Å²) < 4.78 is 5.44. The van der Waals surface area contributed by atoms with Gasteiger partial charge < -0.3 is 9.72 Å². The van der Waals surface area contributed by atoms with Gasteiger partial charge in [-0.3, -0.25) is 4.90 Å². The van der Waals surface area contributed by atoms with Crippen LogP contribution in [0.3, 0.4) is 0 Å². The van der Waals surface area contributed by atoms with Crippen molar-refractivity contribution in [2.45, 2.75) is 25.3 Å². The maximum Gasteiger partial charge on any atom is 0.141 e. The molecule has 4 rings (SSSR count). The van der Waals surface area contributed by atoms with E-state index < -0.39 is 0 Å². The minimum absolute atomic E-state index is 0.693. The average molecular weight is 347 g/mol. The third kappa shape index (κ3) is 3.65. The van der Waals surface area contributed by atoms with Gasteiger partial charge in [0, 0.05) is 18.4 Å². The standard InChI is InChI=1S/C22H25N3O/c1-26-21-10-6-5-9-20(21)22-23-15-19(24-22)16-25-13-11-18(12-14-25)17-7-3-2-4-8-17/h2-10,15,18H,11-14,16H2,1H3,(H,23,24). The Balaban J connectivity index is 1.38. The van der Waals surface area contributed by atoms with Gasteiger partial charge in [-0.05, 0) is 49.5 Å². The van der Waals surface area contributed by atoms with Gasteiger partial charge in [0.15, 0.2) is 0 Å². The number of ether oxygens (including phenoxy) is 1. The maximum absolute atomic E-state index is 5.44. The van der Waals surface area contributed by atoms with Crippen LogP contribution in [0.5, 0.6) is 5.75 Å². The Bertz CT molecular complexity index is 835. The summed E-state index contributed by atoms with van der Waals surface area (Å²) in [5.74, 6) is 2.41. The van der Waals surface area contributed by atoms with Crippen LogP contribution in [0, 0.1) is 0 Å². The molecule has 0 bridgehead atoms. The molecule has 2 heterocycles. The number of para-hydroxylation sites is 1. The lowest BCUT2D eigenvalue weighted by Crippen LogP contribution is -2.32. The first-order chi connectivity index (χ1) is 12.8. The number of aromatic amines is 1. The van der Waals surface area contributed by atoms with Gasteiger partial charge >= 0.3 is 0 Å². The molecule has 0 saturated carbocycles. The second kappa shape index (κ2) is 7.75. The van der Waals surface area contributed by atoms with Crippen molar-refractivity contribution in [2.75, 3.05) is 20.2 Å². The first-order valence-corrected chi connectivity index (χ1v) is 9.28. The van der Waals surface area contributed by atoms with Crippen LogP contribution >= 0.6 is 0 Å². The van der Waals surface area contributed by atoms with Gasteiger partial charge in [-0.1, -0.05) is 42.5 Å². The highest BCUT2D eigenvalue weighted by Crippen LogP contribution is 2.29. The number of H-pyrrole nitrogens is 1. The van der Waals surface area contributed by atoms with E-state index in [9.17, 15) is 0 Å². The van der Waals surface area contributed by atoms with Crippen LogP contribution in [0.15, 0.2) is 60.8 Å². The molecular formula is C22H25N3O. The Kier molecular flexibility index (Phi) is 5.02. The maximum atomic E-state index is 5.44. The van der Waals surface area contributed by atoms with E-state index in [1.807, 2.05) is 30.5 Å². The van der Waals surface area contributed by atoms with Crippen LogP contribution in [0.4, 0.5) is 0 Å². The van der Waals surface area contributed by atoms with Gasteiger partial charge in [-0.25, -0.2) is 4.98 Å². The number of piperidine rings is 1. The highest BCUT2D eigenvalue weighted by atomic mass is 16.5. The zero-order valence-corrected chi connectivity index (χ0v) is 15.2. The number of likely N-dealkylation sites (tertiary alicyclic amines) is 1. The van der Waals surface area contributed by atoms with Crippen LogP contribution in [-0.2, 0) is 6.54 Å². The molecule has 4 heteroatoms. The Labute approximate surface area is 154 Å². The summed E-state index contributed by atoms with van der Waals surface area (Å²) in [4.78, 5) is 10.5. The highest BCUT2D eigenvalue weighted by molar-refractivity contribution is 5.64. The number of aromatic nitrogens is 2. The number of nitrogens with one attached hydrogen (secondary N) is 1. The Morgan fingerprint density at radius 1 is 1.04 bits per heavy atom. The molecule has 26 heavy (non-hydrogen) atoms. The van der Waals surface area contributed by atoms with Crippen LogP contribution in [0.1, 0.15) is 30.0 Å². The van der Waals surface area contributed by atoms with Crippen molar-refractivity contribution in [1.82, 2.24) is 14.9 Å². The molecule has 1 fully saturated rings. The normalized spacial score (nSPS) is 15.9. The van der Waals surface area contributed by atoms with E-state index in [0.29, 0.717) is 5.92 Å². The van der Waals surface area contributed by atoms with Crippen molar-refractivity contribution in [3.63, 3.8) is 0 Å². The fraction of sp³-hybridized carbons (Fsp3) is 0.318.